The normalized spacial score (nSPS) is 27.2. The highest BCUT2D eigenvalue weighted by molar-refractivity contribution is 5.39. The lowest BCUT2D eigenvalue weighted by atomic mass is 9.77. The monoisotopic (exact) mass is 382 g/mol. The van der Waals surface area contributed by atoms with Crippen LogP contribution in [0.15, 0.2) is 18.2 Å². The van der Waals surface area contributed by atoms with Crippen LogP contribution in [0.25, 0.3) is 0 Å². The summed E-state index contributed by atoms with van der Waals surface area (Å²) in [5.74, 6) is 0.213. The highest BCUT2D eigenvalue weighted by Crippen LogP contribution is 2.44. The Kier molecular flexibility index (Phi) is 5.41. The summed E-state index contributed by atoms with van der Waals surface area (Å²) in [6, 6.07) is 4.36. The number of piperidine rings is 1. The van der Waals surface area contributed by atoms with E-state index in [4.69, 9.17) is 0 Å². The molecular formula is C22H33F3N2. The first-order valence-electron chi connectivity index (χ1n) is 10.0. The van der Waals surface area contributed by atoms with Crippen LogP contribution in [0.4, 0.5) is 13.2 Å². The van der Waals surface area contributed by atoms with Crippen molar-refractivity contribution in [1.29, 1.82) is 0 Å². The van der Waals surface area contributed by atoms with Crippen molar-refractivity contribution in [3.8, 4) is 0 Å². The molecule has 152 valence electrons. The highest BCUT2D eigenvalue weighted by Gasteiger charge is 2.43. The Labute approximate surface area is 161 Å². The molecule has 1 heterocycles. The number of fused-ring (bicyclic) bond motifs is 1. The van der Waals surface area contributed by atoms with Gasteiger partial charge in [-0.05, 0) is 103 Å². The summed E-state index contributed by atoms with van der Waals surface area (Å²) >= 11 is 0. The van der Waals surface area contributed by atoms with E-state index in [2.05, 4.69) is 44.7 Å². The first-order chi connectivity index (χ1) is 12.4. The van der Waals surface area contributed by atoms with Gasteiger partial charge in [-0.3, -0.25) is 4.90 Å². The molecule has 0 N–H and O–H groups in total. The molecule has 0 radical (unpaired) electrons. The van der Waals surface area contributed by atoms with Gasteiger partial charge < -0.3 is 4.90 Å². The van der Waals surface area contributed by atoms with Crippen LogP contribution in [0, 0.1) is 0 Å². The molecule has 1 fully saturated rings. The largest absolute Gasteiger partial charge is 0.416 e. The summed E-state index contributed by atoms with van der Waals surface area (Å²) in [6.45, 7) is 8.82. The van der Waals surface area contributed by atoms with Crippen molar-refractivity contribution in [2.24, 2.45) is 0 Å². The van der Waals surface area contributed by atoms with Crippen LogP contribution in [0.1, 0.15) is 69.1 Å². The van der Waals surface area contributed by atoms with Crippen LogP contribution in [0.2, 0.25) is 0 Å². The molecular weight excluding hydrogens is 349 g/mol. The van der Waals surface area contributed by atoms with Gasteiger partial charge in [0.05, 0.1) is 5.56 Å². The van der Waals surface area contributed by atoms with E-state index >= 15 is 0 Å². The zero-order chi connectivity index (χ0) is 20.0. The molecule has 0 saturated carbocycles. The number of alkyl halides is 3. The molecule has 2 atom stereocenters. The third-order valence-corrected chi connectivity index (χ3v) is 6.75. The van der Waals surface area contributed by atoms with Crippen LogP contribution < -0.4 is 0 Å². The van der Waals surface area contributed by atoms with Crippen molar-refractivity contribution in [2.45, 2.75) is 76.0 Å². The van der Waals surface area contributed by atoms with Gasteiger partial charge in [0.2, 0.25) is 0 Å². The van der Waals surface area contributed by atoms with E-state index in [1.165, 1.54) is 12.1 Å². The van der Waals surface area contributed by atoms with E-state index < -0.39 is 11.7 Å². The minimum atomic E-state index is -4.27. The van der Waals surface area contributed by atoms with Gasteiger partial charge in [-0.2, -0.15) is 13.2 Å². The number of hydrogen-bond acceptors (Lipinski definition) is 2. The SMILES string of the molecule is CN(C)[C@]1(C[C@@H]2CCc3ccc(C(F)(F)F)cc32)CCCN(C(C)(C)C)C1. The second-order valence-corrected chi connectivity index (χ2v) is 9.67. The van der Waals surface area contributed by atoms with Crippen LogP contribution in [0.5, 0.6) is 0 Å². The second-order valence-electron chi connectivity index (χ2n) is 9.67. The van der Waals surface area contributed by atoms with E-state index in [0.717, 1.165) is 56.3 Å². The Morgan fingerprint density at radius 1 is 1.19 bits per heavy atom. The van der Waals surface area contributed by atoms with Gasteiger partial charge in [-0.15, -0.1) is 0 Å². The molecule has 5 heteroatoms. The predicted octanol–water partition coefficient (Wildman–Crippen LogP) is 5.32. The lowest BCUT2D eigenvalue weighted by molar-refractivity contribution is -0.137. The predicted molar refractivity (Wildman–Crippen MR) is 104 cm³/mol. The fourth-order valence-corrected chi connectivity index (χ4v) is 4.93. The Hall–Kier alpha value is -1.07. The first kappa shape index (κ1) is 20.7. The second kappa shape index (κ2) is 7.07. The summed E-state index contributed by atoms with van der Waals surface area (Å²) < 4.78 is 39.6. The lowest BCUT2D eigenvalue weighted by Gasteiger charge is -2.52. The summed E-state index contributed by atoms with van der Waals surface area (Å²) in [7, 11) is 4.27. The van der Waals surface area contributed by atoms with Crippen LogP contribution in [0.3, 0.4) is 0 Å². The topological polar surface area (TPSA) is 6.48 Å². The molecule has 0 bridgehead atoms. The van der Waals surface area contributed by atoms with Crippen molar-refractivity contribution >= 4 is 0 Å². The summed E-state index contributed by atoms with van der Waals surface area (Å²) in [5.41, 5.74) is 1.65. The molecule has 0 amide bonds. The van der Waals surface area contributed by atoms with E-state index in [9.17, 15) is 13.2 Å². The van der Waals surface area contributed by atoms with Gasteiger partial charge in [0.1, 0.15) is 0 Å². The first-order valence-corrected chi connectivity index (χ1v) is 10.0. The summed E-state index contributed by atoms with van der Waals surface area (Å²) in [6.07, 6.45) is 0.761. The maximum Gasteiger partial charge on any atom is 0.416 e. The van der Waals surface area contributed by atoms with Crippen LogP contribution >= 0.6 is 0 Å². The van der Waals surface area contributed by atoms with Gasteiger partial charge in [0.15, 0.2) is 0 Å². The molecule has 1 aliphatic carbocycles. The van der Waals surface area contributed by atoms with Crippen molar-refractivity contribution < 1.29 is 13.2 Å². The maximum absolute atomic E-state index is 13.2. The number of likely N-dealkylation sites (N-methyl/N-ethyl adjacent to an activating group) is 1. The Balaban J connectivity index is 1.88. The van der Waals surface area contributed by atoms with Crippen molar-refractivity contribution in [2.75, 3.05) is 27.2 Å². The average Bonchev–Trinajstić information content (AvgIpc) is 2.95. The van der Waals surface area contributed by atoms with E-state index in [-0.39, 0.29) is 17.0 Å². The number of likely N-dealkylation sites (tertiary alicyclic amines) is 1. The number of halogens is 3. The van der Waals surface area contributed by atoms with Crippen molar-refractivity contribution in [3.63, 3.8) is 0 Å². The molecule has 1 saturated heterocycles. The van der Waals surface area contributed by atoms with Crippen LogP contribution in [-0.4, -0.2) is 48.1 Å². The molecule has 3 rings (SSSR count). The molecule has 27 heavy (non-hydrogen) atoms. The van der Waals surface area contributed by atoms with Gasteiger partial charge in [0, 0.05) is 17.6 Å². The number of nitrogens with zero attached hydrogens (tertiary/aromatic N) is 2. The van der Waals surface area contributed by atoms with Crippen molar-refractivity contribution in [1.82, 2.24) is 9.80 Å². The molecule has 2 aliphatic rings. The fourth-order valence-electron chi connectivity index (χ4n) is 4.93. The minimum absolute atomic E-state index is 0.0199. The number of rotatable bonds is 3. The van der Waals surface area contributed by atoms with Gasteiger partial charge in [-0.1, -0.05) is 6.07 Å². The van der Waals surface area contributed by atoms with Crippen molar-refractivity contribution in [3.05, 3.63) is 34.9 Å². The molecule has 1 aliphatic heterocycles. The number of hydrogen-bond donors (Lipinski definition) is 0. The maximum atomic E-state index is 13.2. The van der Waals surface area contributed by atoms with E-state index in [1.54, 1.807) is 6.07 Å². The van der Waals surface area contributed by atoms with Gasteiger partial charge in [0.25, 0.3) is 0 Å². The van der Waals surface area contributed by atoms with E-state index in [0.29, 0.717) is 0 Å². The Morgan fingerprint density at radius 2 is 1.89 bits per heavy atom. The quantitative estimate of drug-likeness (QED) is 0.698. The van der Waals surface area contributed by atoms with Crippen LogP contribution in [-0.2, 0) is 12.6 Å². The zero-order valence-electron chi connectivity index (χ0n) is 17.3. The van der Waals surface area contributed by atoms with E-state index in [1.807, 2.05) is 0 Å². The molecule has 1 aromatic carbocycles. The molecule has 0 spiro atoms. The Morgan fingerprint density at radius 3 is 2.48 bits per heavy atom. The molecule has 1 aromatic rings. The zero-order valence-corrected chi connectivity index (χ0v) is 17.3. The van der Waals surface area contributed by atoms with Gasteiger partial charge >= 0.3 is 6.18 Å². The highest BCUT2D eigenvalue weighted by atomic mass is 19.4. The number of benzene rings is 1. The number of aryl methyl sites for hydroxylation is 1. The molecule has 0 aromatic heterocycles. The fraction of sp³-hybridized carbons (Fsp3) is 0.727. The molecule has 0 unspecified atom stereocenters. The summed E-state index contributed by atoms with van der Waals surface area (Å²) in [4.78, 5) is 4.87. The van der Waals surface area contributed by atoms with Gasteiger partial charge in [-0.25, -0.2) is 0 Å². The lowest BCUT2D eigenvalue weighted by Crippen LogP contribution is -2.60. The third kappa shape index (κ3) is 4.19. The smallest absolute Gasteiger partial charge is 0.302 e. The minimum Gasteiger partial charge on any atom is -0.302 e. The average molecular weight is 383 g/mol. The Bertz CT molecular complexity index is 675. The summed E-state index contributed by atoms with van der Waals surface area (Å²) in [5, 5.41) is 0. The molecule has 2 nitrogen and oxygen atoms in total. The standard InChI is InChI=1S/C22H33F3N2/c1-20(2,3)27-12-6-11-21(15-27,26(4)5)14-17-8-7-16-9-10-18(13-19(16)17)22(23,24)25/h9-10,13,17H,6-8,11-12,14-15H2,1-5H3/t17-,21-/m0/s1. The third-order valence-electron chi connectivity index (χ3n) is 6.75.